The summed E-state index contributed by atoms with van der Waals surface area (Å²) in [6.07, 6.45) is 1.63. The molecule has 0 radical (unpaired) electrons. The highest BCUT2D eigenvalue weighted by atomic mass is 19.1. The third-order valence-corrected chi connectivity index (χ3v) is 8.71. The maximum atomic E-state index is 13.8. The van der Waals surface area contributed by atoms with Gasteiger partial charge in [-0.15, -0.1) is 0 Å². The molecule has 0 aliphatic carbocycles. The standard InChI is InChI=1S/C39H36FN5O5/c1-3-50-39(49)36(46)28-11-9-26(10-12-28)23-32-24-33(27-7-5-4-6-8-27)35(43(32)2)37(47)38(48)42-30-14-16-31(17-15-30)44-19-21-45(22-20-44)34-18-13-29(40)25-41-34/h4-18,24-25H,3,19-23H2,1-2H3,(H,42,48). The summed E-state index contributed by atoms with van der Waals surface area (Å²) in [7, 11) is 1.75. The minimum atomic E-state index is -0.899. The van der Waals surface area contributed by atoms with Crippen molar-refractivity contribution in [2.45, 2.75) is 13.3 Å². The predicted molar refractivity (Wildman–Crippen MR) is 189 cm³/mol. The fraction of sp³-hybridized carbons (Fsp3) is 0.205. The minimum absolute atomic E-state index is 0.115. The Balaban J connectivity index is 1.15. The normalized spacial score (nSPS) is 12.8. The number of halogens is 1. The fourth-order valence-corrected chi connectivity index (χ4v) is 6.04. The number of aromatic nitrogens is 2. The van der Waals surface area contributed by atoms with E-state index in [9.17, 15) is 23.6 Å². The van der Waals surface area contributed by atoms with Crippen LogP contribution in [0.3, 0.4) is 0 Å². The zero-order valence-electron chi connectivity index (χ0n) is 27.8. The zero-order chi connectivity index (χ0) is 35.2. The molecule has 50 heavy (non-hydrogen) atoms. The first kappa shape index (κ1) is 33.8. The zero-order valence-corrected chi connectivity index (χ0v) is 27.8. The number of rotatable bonds is 11. The van der Waals surface area contributed by atoms with Gasteiger partial charge in [0.05, 0.1) is 12.8 Å². The molecule has 0 bridgehead atoms. The highest BCUT2D eigenvalue weighted by Crippen LogP contribution is 2.29. The summed E-state index contributed by atoms with van der Waals surface area (Å²) in [6.45, 7) is 4.71. The fourth-order valence-electron chi connectivity index (χ4n) is 6.04. The first-order valence-corrected chi connectivity index (χ1v) is 16.3. The molecule has 3 aromatic carbocycles. The smallest absolute Gasteiger partial charge is 0.379 e. The van der Waals surface area contributed by atoms with Gasteiger partial charge in [-0.3, -0.25) is 14.4 Å². The van der Waals surface area contributed by atoms with Gasteiger partial charge in [0.1, 0.15) is 17.3 Å². The van der Waals surface area contributed by atoms with Crippen LogP contribution in [0.25, 0.3) is 11.1 Å². The lowest BCUT2D eigenvalue weighted by molar-refractivity contribution is -0.137. The van der Waals surface area contributed by atoms with Gasteiger partial charge >= 0.3 is 5.97 Å². The number of amides is 1. The van der Waals surface area contributed by atoms with Crippen LogP contribution in [-0.4, -0.2) is 65.8 Å². The highest BCUT2D eigenvalue weighted by molar-refractivity contribution is 6.47. The van der Waals surface area contributed by atoms with Crippen LogP contribution in [0.4, 0.5) is 21.6 Å². The summed E-state index contributed by atoms with van der Waals surface area (Å²) in [5.41, 5.74) is 5.01. The van der Waals surface area contributed by atoms with Crippen molar-refractivity contribution < 1.29 is 28.3 Å². The number of esters is 1. The van der Waals surface area contributed by atoms with Crippen LogP contribution in [0.2, 0.25) is 0 Å². The monoisotopic (exact) mass is 673 g/mol. The van der Waals surface area contributed by atoms with E-state index in [-0.39, 0.29) is 23.7 Å². The molecule has 0 unspecified atom stereocenters. The molecule has 0 atom stereocenters. The Bertz CT molecular complexity index is 2000. The average molecular weight is 674 g/mol. The largest absolute Gasteiger partial charge is 0.460 e. The maximum Gasteiger partial charge on any atom is 0.379 e. The number of carbonyl (C=O) groups is 4. The number of pyridine rings is 1. The Hall–Kier alpha value is -6.10. The van der Waals surface area contributed by atoms with Crippen molar-refractivity contribution in [3.63, 3.8) is 0 Å². The number of hydrogen-bond acceptors (Lipinski definition) is 8. The molecule has 1 amide bonds. The lowest BCUT2D eigenvalue weighted by Crippen LogP contribution is -2.46. The Kier molecular flexibility index (Phi) is 10.1. The van der Waals surface area contributed by atoms with Crippen LogP contribution in [0, 0.1) is 5.82 Å². The van der Waals surface area contributed by atoms with E-state index in [0.717, 1.165) is 54.5 Å². The van der Waals surface area contributed by atoms with E-state index >= 15 is 0 Å². The van der Waals surface area contributed by atoms with E-state index in [2.05, 4.69) is 20.1 Å². The van der Waals surface area contributed by atoms with Gasteiger partial charge < -0.3 is 24.4 Å². The molecule has 0 spiro atoms. The quantitative estimate of drug-likeness (QED) is 0.108. The molecule has 1 fully saturated rings. The Morgan fingerprint density at radius 1 is 0.820 bits per heavy atom. The molecule has 1 aliphatic rings. The van der Waals surface area contributed by atoms with Crippen LogP contribution in [0.15, 0.2) is 103 Å². The highest BCUT2D eigenvalue weighted by Gasteiger charge is 2.27. The summed E-state index contributed by atoms with van der Waals surface area (Å²) < 4.78 is 19.8. The molecular formula is C39H36FN5O5. The summed E-state index contributed by atoms with van der Waals surface area (Å²) in [6, 6.07) is 28.4. The second-order valence-electron chi connectivity index (χ2n) is 11.9. The van der Waals surface area contributed by atoms with Crippen LogP contribution in [0.5, 0.6) is 0 Å². The SMILES string of the molecule is CCOC(=O)C(=O)c1ccc(Cc2cc(-c3ccccc3)c(C(=O)C(=O)Nc3ccc(N4CCN(c5ccc(F)cn5)CC4)cc3)n2C)cc1. The number of hydrogen-bond donors (Lipinski definition) is 1. The van der Waals surface area contributed by atoms with Gasteiger partial charge in [0.25, 0.3) is 17.5 Å². The second kappa shape index (κ2) is 15.0. The van der Waals surface area contributed by atoms with E-state index in [1.807, 2.05) is 48.5 Å². The van der Waals surface area contributed by atoms with Gasteiger partial charge in [0.15, 0.2) is 0 Å². The molecule has 11 heteroatoms. The third-order valence-electron chi connectivity index (χ3n) is 8.71. The van der Waals surface area contributed by atoms with Crippen molar-refractivity contribution in [3.8, 4) is 11.1 Å². The Labute approximate surface area is 289 Å². The van der Waals surface area contributed by atoms with Crippen molar-refractivity contribution in [1.82, 2.24) is 9.55 Å². The molecule has 3 heterocycles. The number of anilines is 3. The first-order valence-electron chi connectivity index (χ1n) is 16.3. The molecule has 1 saturated heterocycles. The van der Waals surface area contributed by atoms with Crippen molar-refractivity contribution in [2.75, 3.05) is 47.9 Å². The molecule has 1 aliphatic heterocycles. The lowest BCUT2D eigenvalue weighted by atomic mass is 10.0. The summed E-state index contributed by atoms with van der Waals surface area (Å²) in [5.74, 6) is -2.67. The van der Waals surface area contributed by atoms with E-state index < -0.39 is 23.4 Å². The molecule has 10 nitrogen and oxygen atoms in total. The maximum absolute atomic E-state index is 13.8. The van der Waals surface area contributed by atoms with E-state index in [1.165, 1.54) is 12.3 Å². The number of nitrogens with zero attached hydrogens (tertiary/aromatic N) is 4. The number of nitrogens with one attached hydrogen (secondary N) is 1. The van der Waals surface area contributed by atoms with E-state index in [0.29, 0.717) is 17.7 Å². The van der Waals surface area contributed by atoms with Gasteiger partial charge in [-0.2, -0.15) is 0 Å². The van der Waals surface area contributed by atoms with Crippen LogP contribution in [-0.2, 0) is 27.8 Å². The average Bonchev–Trinajstić information content (AvgIpc) is 3.47. The van der Waals surface area contributed by atoms with Gasteiger partial charge in [0, 0.05) is 67.8 Å². The molecule has 2 aromatic heterocycles. The van der Waals surface area contributed by atoms with Gasteiger partial charge in [-0.05, 0) is 60.5 Å². The molecule has 5 aromatic rings. The van der Waals surface area contributed by atoms with Crippen LogP contribution in [0.1, 0.15) is 39.0 Å². The summed E-state index contributed by atoms with van der Waals surface area (Å²) >= 11 is 0. The molecular weight excluding hydrogens is 637 g/mol. The molecule has 254 valence electrons. The lowest BCUT2D eigenvalue weighted by Gasteiger charge is -2.36. The van der Waals surface area contributed by atoms with Crippen LogP contribution < -0.4 is 15.1 Å². The van der Waals surface area contributed by atoms with E-state index in [4.69, 9.17) is 4.74 Å². The topological polar surface area (TPSA) is 114 Å². The number of carbonyl (C=O) groups excluding carboxylic acids is 4. The molecule has 1 N–H and O–H groups in total. The van der Waals surface area contributed by atoms with Gasteiger partial charge in [-0.1, -0.05) is 54.6 Å². The van der Waals surface area contributed by atoms with Crippen molar-refractivity contribution in [1.29, 1.82) is 0 Å². The molecule has 0 saturated carbocycles. The predicted octanol–water partition coefficient (Wildman–Crippen LogP) is 5.71. The van der Waals surface area contributed by atoms with Gasteiger partial charge in [0.2, 0.25) is 0 Å². The summed E-state index contributed by atoms with van der Waals surface area (Å²) in [4.78, 5) is 59.9. The number of ketones is 2. The van der Waals surface area contributed by atoms with Crippen molar-refractivity contribution >= 4 is 40.6 Å². The van der Waals surface area contributed by atoms with Crippen molar-refractivity contribution in [3.05, 3.63) is 132 Å². The third kappa shape index (κ3) is 7.46. The number of benzene rings is 3. The number of Topliss-reactive ketones (excluding diaryl/α,β-unsaturated/α-hetero) is 2. The Morgan fingerprint density at radius 2 is 1.50 bits per heavy atom. The second-order valence-corrected chi connectivity index (χ2v) is 11.9. The van der Waals surface area contributed by atoms with Gasteiger partial charge in [-0.25, -0.2) is 14.2 Å². The molecule has 6 rings (SSSR count). The Morgan fingerprint density at radius 3 is 2.14 bits per heavy atom. The number of piperazine rings is 1. The number of ether oxygens (including phenoxy) is 1. The summed E-state index contributed by atoms with van der Waals surface area (Å²) in [5, 5.41) is 2.77. The van der Waals surface area contributed by atoms with Crippen molar-refractivity contribution in [2.24, 2.45) is 7.05 Å². The van der Waals surface area contributed by atoms with Crippen LogP contribution >= 0.6 is 0 Å². The first-order chi connectivity index (χ1) is 24.2. The minimum Gasteiger partial charge on any atom is -0.460 e. The van der Waals surface area contributed by atoms with E-state index in [1.54, 1.807) is 61.0 Å².